The molecule has 40 heavy (non-hydrogen) atoms. The summed E-state index contributed by atoms with van der Waals surface area (Å²) in [6, 6.07) is 7.67. The number of pyridine rings is 1. The van der Waals surface area contributed by atoms with Crippen LogP contribution in [0.15, 0.2) is 29.2 Å². The number of hydrogen-bond donors (Lipinski definition) is 1. The average Bonchev–Trinajstić information content (AvgIpc) is 3.33. The summed E-state index contributed by atoms with van der Waals surface area (Å²) in [5, 5.41) is 15.8. The summed E-state index contributed by atoms with van der Waals surface area (Å²) < 4.78 is 12.5. The van der Waals surface area contributed by atoms with Gasteiger partial charge < -0.3 is 24.7 Å². The van der Waals surface area contributed by atoms with E-state index in [-0.39, 0.29) is 23.7 Å². The van der Waals surface area contributed by atoms with E-state index in [1.807, 2.05) is 55.1 Å². The molecule has 208 valence electrons. The molecule has 0 aliphatic carbocycles. The second kappa shape index (κ2) is 10.3. The first kappa shape index (κ1) is 25.9. The van der Waals surface area contributed by atoms with Crippen molar-refractivity contribution in [1.29, 1.82) is 5.26 Å². The lowest BCUT2D eigenvalue weighted by molar-refractivity contribution is 0.111. The van der Waals surface area contributed by atoms with Crippen molar-refractivity contribution in [2.45, 2.75) is 32.9 Å². The first-order valence-electron chi connectivity index (χ1n) is 13.6. The van der Waals surface area contributed by atoms with Crippen LogP contribution in [0.1, 0.15) is 35.5 Å². The largest absolute Gasteiger partial charge is 0.447 e. The van der Waals surface area contributed by atoms with Crippen molar-refractivity contribution < 1.29 is 14.3 Å². The number of carbonyl (C=O) groups is 1. The lowest BCUT2D eigenvalue weighted by Gasteiger charge is -2.37. The summed E-state index contributed by atoms with van der Waals surface area (Å²) in [5.74, 6) is 1.14. The van der Waals surface area contributed by atoms with Gasteiger partial charge in [-0.05, 0) is 38.0 Å². The number of anilines is 2. The number of morpholine rings is 1. The van der Waals surface area contributed by atoms with Gasteiger partial charge in [-0.3, -0.25) is 9.69 Å². The fraction of sp³-hybridized carbons (Fsp3) is 0.464. The highest BCUT2D eigenvalue weighted by Gasteiger charge is 2.39. The van der Waals surface area contributed by atoms with Crippen LogP contribution in [0, 0.1) is 25.2 Å². The number of amides is 1. The molecular weight excluding hydrogens is 512 g/mol. The molecule has 3 aromatic rings. The van der Waals surface area contributed by atoms with Crippen molar-refractivity contribution in [3.63, 3.8) is 0 Å². The third-order valence-electron chi connectivity index (χ3n) is 7.98. The van der Waals surface area contributed by atoms with Gasteiger partial charge in [0.2, 0.25) is 0 Å². The van der Waals surface area contributed by atoms with Crippen LogP contribution >= 0.6 is 0 Å². The van der Waals surface area contributed by atoms with Crippen molar-refractivity contribution in [1.82, 2.24) is 19.5 Å². The molecule has 5 heterocycles. The predicted molar refractivity (Wildman–Crippen MR) is 149 cm³/mol. The monoisotopic (exact) mass is 544 g/mol. The summed E-state index contributed by atoms with van der Waals surface area (Å²) in [5.41, 5.74) is 3.43. The number of ether oxygens (including phenoxy) is 2. The summed E-state index contributed by atoms with van der Waals surface area (Å²) >= 11 is 0. The molecule has 3 fully saturated rings. The molecule has 12 nitrogen and oxygen atoms in total. The Kier molecular flexibility index (Phi) is 6.67. The topological polar surface area (TPSA) is 129 Å². The molecule has 0 spiro atoms. The minimum absolute atomic E-state index is 0.122. The highest BCUT2D eigenvalue weighted by molar-refractivity contribution is 5.97. The minimum atomic E-state index is -0.303. The second-order valence-corrected chi connectivity index (χ2v) is 10.4. The molecule has 6 rings (SSSR count). The maximum atomic E-state index is 14.1. The molecule has 1 N–H and O–H groups in total. The van der Waals surface area contributed by atoms with E-state index in [9.17, 15) is 14.9 Å². The summed E-state index contributed by atoms with van der Waals surface area (Å²) in [4.78, 5) is 39.6. The molecule has 2 atom stereocenters. The third kappa shape index (κ3) is 4.46. The number of fused-ring (bicyclic) bond motifs is 2. The van der Waals surface area contributed by atoms with Crippen LogP contribution in [0.5, 0.6) is 0 Å². The molecule has 12 heteroatoms. The summed E-state index contributed by atoms with van der Waals surface area (Å²) in [6.07, 6.45) is 1.51. The van der Waals surface area contributed by atoms with Gasteiger partial charge in [0.05, 0.1) is 55.4 Å². The zero-order valence-electron chi connectivity index (χ0n) is 22.9. The quantitative estimate of drug-likeness (QED) is 0.510. The number of rotatable bonds is 5. The van der Waals surface area contributed by atoms with Crippen LogP contribution < -0.4 is 20.8 Å². The molecular formula is C28H32N8O4. The Bertz CT molecular complexity index is 1580. The van der Waals surface area contributed by atoms with Crippen molar-refractivity contribution in [3.8, 4) is 6.07 Å². The average molecular weight is 545 g/mol. The summed E-state index contributed by atoms with van der Waals surface area (Å²) in [6.45, 7) is 9.75. The fourth-order valence-corrected chi connectivity index (χ4v) is 5.87. The Labute approximate surface area is 231 Å². The highest BCUT2D eigenvalue weighted by atomic mass is 16.6. The maximum Gasteiger partial charge on any atom is 0.410 e. The number of nitrogens with zero attached hydrogens (tertiary/aromatic N) is 7. The third-order valence-corrected chi connectivity index (χ3v) is 7.98. The standard InChI is InChI=1S/C28H32N8O4/c1-17-20(13-29)5-4-6-22(17)18(2)30-26-23-15-36(34-9-11-39-12-10-34)27(37)25(24(23)31-19(3)32-26)33-7-8-35-21(14-33)16-40-28(35)38/h4-6,15,18,21H,7-12,14,16H2,1-3H3,(H,30,31,32)/t18-,21-/m1/s1. The van der Waals surface area contributed by atoms with Gasteiger partial charge in [-0.25, -0.2) is 19.4 Å². The molecule has 3 aliphatic heterocycles. The number of carbonyl (C=O) groups excluding carboxylic acids is 1. The molecule has 3 saturated heterocycles. The number of hydrogen-bond acceptors (Lipinski definition) is 10. The van der Waals surface area contributed by atoms with Crippen LogP contribution in [0.25, 0.3) is 10.9 Å². The van der Waals surface area contributed by atoms with Crippen molar-refractivity contribution >= 4 is 28.5 Å². The number of benzene rings is 1. The number of cyclic esters (lactones) is 1. The Morgan fingerprint density at radius 3 is 2.70 bits per heavy atom. The lowest BCUT2D eigenvalue weighted by Crippen LogP contribution is -2.55. The smallest absolute Gasteiger partial charge is 0.410 e. The van der Waals surface area contributed by atoms with Gasteiger partial charge in [-0.1, -0.05) is 12.1 Å². The van der Waals surface area contributed by atoms with Gasteiger partial charge in [-0.15, -0.1) is 0 Å². The molecule has 1 aromatic carbocycles. The zero-order chi connectivity index (χ0) is 28.0. The van der Waals surface area contributed by atoms with E-state index in [0.717, 1.165) is 11.1 Å². The minimum Gasteiger partial charge on any atom is -0.447 e. The second-order valence-electron chi connectivity index (χ2n) is 10.4. The van der Waals surface area contributed by atoms with Gasteiger partial charge in [0.25, 0.3) is 5.56 Å². The molecule has 2 aromatic heterocycles. The molecule has 1 amide bonds. The molecule has 3 aliphatic rings. The Morgan fingerprint density at radius 2 is 1.93 bits per heavy atom. The van der Waals surface area contributed by atoms with Crippen LogP contribution in [-0.2, 0) is 9.47 Å². The Hall–Kier alpha value is -4.37. The van der Waals surface area contributed by atoms with Gasteiger partial charge >= 0.3 is 6.09 Å². The lowest BCUT2D eigenvalue weighted by atomic mass is 9.98. The number of nitriles is 1. The molecule has 0 radical (unpaired) electrons. The van der Waals surface area contributed by atoms with Gasteiger partial charge in [0.1, 0.15) is 29.5 Å². The zero-order valence-corrected chi connectivity index (χ0v) is 22.9. The van der Waals surface area contributed by atoms with Crippen LogP contribution in [0.2, 0.25) is 0 Å². The van der Waals surface area contributed by atoms with Gasteiger partial charge in [0.15, 0.2) is 0 Å². The van der Waals surface area contributed by atoms with E-state index < -0.39 is 0 Å². The number of piperazine rings is 1. The first-order chi connectivity index (χ1) is 19.4. The van der Waals surface area contributed by atoms with Crippen LogP contribution in [-0.4, -0.2) is 84.2 Å². The van der Waals surface area contributed by atoms with Gasteiger partial charge in [-0.2, -0.15) is 5.26 Å². The highest BCUT2D eigenvalue weighted by Crippen LogP contribution is 2.32. The van der Waals surface area contributed by atoms with E-state index in [2.05, 4.69) is 11.4 Å². The Balaban J connectivity index is 1.48. The SMILES string of the molecule is Cc1nc(N[C@H](C)c2cccc(C#N)c2C)c2cn(N3CCOCC3)c(=O)c(N3CCN4C(=O)OC[C@H]4C3)c2n1. The van der Waals surface area contributed by atoms with E-state index in [4.69, 9.17) is 19.4 Å². The molecule has 0 saturated carbocycles. The van der Waals surface area contributed by atoms with Crippen LogP contribution in [0.4, 0.5) is 16.3 Å². The van der Waals surface area contributed by atoms with Crippen molar-refractivity contribution in [2.24, 2.45) is 0 Å². The van der Waals surface area contributed by atoms with Crippen LogP contribution in [0.3, 0.4) is 0 Å². The Morgan fingerprint density at radius 1 is 1.12 bits per heavy atom. The van der Waals surface area contributed by atoms with Gasteiger partial charge in [0, 0.05) is 25.8 Å². The molecule has 0 bridgehead atoms. The van der Waals surface area contributed by atoms with E-state index in [0.29, 0.717) is 86.3 Å². The fourth-order valence-electron chi connectivity index (χ4n) is 5.87. The van der Waals surface area contributed by atoms with Crippen molar-refractivity contribution in [2.75, 3.05) is 67.8 Å². The first-order valence-corrected chi connectivity index (χ1v) is 13.6. The summed E-state index contributed by atoms with van der Waals surface area (Å²) in [7, 11) is 0. The number of nitrogens with one attached hydrogen (secondary N) is 1. The van der Waals surface area contributed by atoms with E-state index in [1.54, 1.807) is 9.58 Å². The molecule has 0 unspecified atom stereocenters. The predicted octanol–water partition coefficient (Wildman–Crippen LogP) is 2.06. The number of aromatic nitrogens is 3. The maximum absolute atomic E-state index is 14.1. The number of aryl methyl sites for hydroxylation is 1. The van der Waals surface area contributed by atoms with Crippen molar-refractivity contribution in [3.05, 3.63) is 57.3 Å². The van der Waals surface area contributed by atoms with E-state index >= 15 is 0 Å². The normalized spacial score (nSPS) is 19.8. The van der Waals surface area contributed by atoms with E-state index in [1.165, 1.54) is 0 Å².